The van der Waals surface area contributed by atoms with Gasteiger partial charge in [0, 0.05) is 55.7 Å². The Morgan fingerprint density at radius 3 is 0.875 bits per heavy atom. The first-order chi connectivity index (χ1) is 10.1. The molecule has 8 heteroatoms. The van der Waals surface area contributed by atoms with E-state index in [1.54, 1.807) is 0 Å². The fourth-order valence-corrected chi connectivity index (χ4v) is 3.37. The SMILES string of the molecule is CCN(CC)N(CC)CC.CC[N](CC)[Al][N](CC)CC.[AlH3].[H-].[Na+].[Na]. The third kappa shape index (κ3) is 19.7. The third-order valence-electron chi connectivity index (χ3n) is 3.81. The Balaban J connectivity index is -0.0000000624. The van der Waals surface area contributed by atoms with Gasteiger partial charge in [0.2, 0.25) is 0 Å². The first-order valence-corrected chi connectivity index (χ1v) is 9.94. The van der Waals surface area contributed by atoms with Gasteiger partial charge in [0.15, 0.2) is 17.4 Å². The zero-order valence-electron chi connectivity index (χ0n) is 19.0. The standard InChI is InChI=1S/C8H20N2.2C4H10N.2Al.2Na.4H/c1-5-9(6-2)10(7-3)8-4;2*1-3-5-4-2;;;;;;;;/h5-8H2,1-4H3;2*3-4H2,1-2H3;;;;;;;;/q;2*-1;;+2;;+1;;;;-1. The van der Waals surface area contributed by atoms with Crippen molar-refractivity contribution in [2.75, 3.05) is 52.4 Å². The summed E-state index contributed by atoms with van der Waals surface area (Å²) in [6.45, 7) is 27.0. The number of rotatable bonds is 11. The van der Waals surface area contributed by atoms with Crippen LogP contribution in [0.15, 0.2) is 0 Å². The maximum Gasteiger partial charge on any atom is 1.00 e. The number of hydrazine groups is 1. The molecule has 0 aromatic heterocycles. The summed E-state index contributed by atoms with van der Waals surface area (Å²) in [6.07, 6.45) is 0. The van der Waals surface area contributed by atoms with Crippen LogP contribution in [0.1, 0.15) is 56.8 Å². The third-order valence-corrected chi connectivity index (χ3v) is 5.93. The Kier molecular flexibility index (Phi) is 44.1. The van der Waals surface area contributed by atoms with E-state index in [1.165, 1.54) is 26.2 Å². The molecule has 0 aliphatic heterocycles. The Morgan fingerprint density at radius 2 is 0.750 bits per heavy atom. The predicted molar refractivity (Wildman–Crippen MR) is 114 cm³/mol. The fourth-order valence-electron chi connectivity index (χ4n) is 2.25. The minimum absolute atomic E-state index is 0. The molecule has 0 heterocycles. The fraction of sp³-hybridized carbons (Fsp3) is 1.00. The summed E-state index contributed by atoms with van der Waals surface area (Å²) in [5, 5.41) is 4.72. The van der Waals surface area contributed by atoms with Crippen LogP contribution in [0, 0.1) is 0 Å². The van der Waals surface area contributed by atoms with Gasteiger partial charge in [-0.25, -0.2) is 10.0 Å². The smallest absolute Gasteiger partial charge is 1.00 e. The van der Waals surface area contributed by atoms with Crippen LogP contribution >= 0.6 is 0 Å². The van der Waals surface area contributed by atoms with E-state index in [1.807, 2.05) is 0 Å². The molecule has 0 aromatic rings. The molecule has 24 heavy (non-hydrogen) atoms. The predicted octanol–water partition coefficient (Wildman–Crippen LogP) is -1.66. The van der Waals surface area contributed by atoms with Crippen molar-refractivity contribution in [2.45, 2.75) is 55.4 Å². The molecule has 4 nitrogen and oxygen atoms in total. The summed E-state index contributed by atoms with van der Waals surface area (Å²) in [6, 6.07) is 0. The van der Waals surface area contributed by atoms with Crippen molar-refractivity contribution in [3.8, 4) is 0 Å². The second-order valence-electron chi connectivity index (χ2n) is 4.84. The first-order valence-electron chi connectivity index (χ1n) is 8.90. The molecule has 0 saturated heterocycles. The van der Waals surface area contributed by atoms with Gasteiger partial charge in [-0.3, -0.25) is 0 Å². The molecule has 0 saturated carbocycles. The molecule has 0 rings (SSSR count). The quantitative estimate of drug-likeness (QED) is 0.308. The second-order valence-corrected chi connectivity index (χ2v) is 6.53. The summed E-state index contributed by atoms with van der Waals surface area (Å²) in [5.41, 5.74) is 0. The van der Waals surface area contributed by atoms with E-state index < -0.39 is 0 Å². The van der Waals surface area contributed by atoms with Gasteiger partial charge in [-0.05, 0) is 26.2 Å². The number of nitrogens with zero attached hydrogens (tertiary/aromatic N) is 4. The van der Waals surface area contributed by atoms with Crippen molar-refractivity contribution in [3.63, 3.8) is 0 Å². The van der Waals surface area contributed by atoms with Crippen molar-refractivity contribution >= 4 is 62.6 Å². The second kappa shape index (κ2) is 28.1. The van der Waals surface area contributed by atoms with Gasteiger partial charge in [0.05, 0.1) is 0 Å². The first kappa shape index (κ1) is 37.6. The van der Waals surface area contributed by atoms with Gasteiger partial charge in [-0.15, -0.1) is 0 Å². The molecular formula is C16H44Al2N4Na2. The van der Waals surface area contributed by atoms with Gasteiger partial charge >= 0.3 is 45.2 Å². The van der Waals surface area contributed by atoms with Crippen LogP contribution in [0.2, 0.25) is 0 Å². The molecule has 0 aromatic carbocycles. The maximum atomic E-state index is 2.52. The van der Waals surface area contributed by atoms with Crippen molar-refractivity contribution in [2.24, 2.45) is 0 Å². The molecule has 0 amide bonds. The van der Waals surface area contributed by atoms with Crippen molar-refractivity contribution in [3.05, 3.63) is 0 Å². The molecule has 0 unspecified atom stereocenters. The van der Waals surface area contributed by atoms with Gasteiger partial charge in [0.1, 0.15) is 0 Å². The minimum Gasteiger partial charge on any atom is -1.00 e. The average Bonchev–Trinajstić information content (AvgIpc) is 2.54. The molecule has 0 N–H and O–H groups in total. The van der Waals surface area contributed by atoms with Gasteiger partial charge in [0.25, 0.3) is 0 Å². The average molecular weight is 393 g/mol. The van der Waals surface area contributed by atoms with E-state index in [0.717, 1.165) is 26.2 Å². The van der Waals surface area contributed by atoms with Crippen molar-refractivity contribution in [1.29, 1.82) is 0 Å². The Bertz CT molecular complexity index is 189. The Hall–Kier alpha value is 2.90. The van der Waals surface area contributed by atoms with Crippen LogP contribution in [0.25, 0.3) is 0 Å². The van der Waals surface area contributed by atoms with Crippen LogP contribution < -0.4 is 29.6 Å². The van der Waals surface area contributed by atoms with E-state index in [9.17, 15) is 0 Å². The maximum absolute atomic E-state index is 2.52. The summed E-state index contributed by atoms with van der Waals surface area (Å²) in [5.74, 6) is 0. The van der Waals surface area contributed by atoms with E-state index in [4.69, 9.17) is 0 Å². The molecule has 2 radical (unpaired) electrons. The van der Waals surface area contributed by atoms with Crippen LogP contribution in [0.5, 0.6) is 0 Å². The van der Waals surface area contributed by atoms with Gasteiger partial charge in [-0.1, -0.05) is 55.4 Å². The van der Waals surface area contributed by atoms with E-state index >= 15 is 0 Å². The minimum atomic E-state index is 0. The zero-order chi connectivity index (χ0) is 16.7. The van der Waals surface area contributed by atoms with Crippen LogP contribution in [-0.2, 0) is 0 Å². The van der Waals surface area contributed by atoms with Crippen LogP contribution in [0.3, 0.4) is 0 Å². The largest absolute Gasteiger partial charge is 1.00 e. The molecule has 0 fully saturated rings. The number of hydrogen-bond acceptors (Lipinski definition) is 4. The van der Waals surface area contributed by atoms with Gasteiger partial charge in [-0.2, -0.15) is 0 Å². The van der Waals surface area contributed by atoms with Crippen molar-refractivity contribution in [1.82, 2.24) is 17.8 Å². The summed E-state index contributed by atoms with van der Waals surface area (Å²) < 4.78 is 5.04. The molecule has 0 aliphatic rings. The molecule has 0 atom stereocenters. The number of hydrogen-bond donors (Lipinski definition) is 0. The summed E-state index contributed by atoms with van der Waals surface area (Å²) >= 11 is 0.394. The van der Waals surface area contributed by atoms with E-state index in [2.05, 4.69) is 73.2 Å². The zero-order valence-corrected chi connectivity index (χ0v) is 23.2. The topological polar surface area (TPSA) is 13.0 Å². The van der Waals surface area contributed by atoms with E-state index in [-0.39, 0.29) is 77.9 Å². The van der Waals surface area contributed by atoms with Gasteiger partial charge < -0.3 is 9.19 Å². The van der Waals surface area contributed by atoms with Crippen LogP contribution in [0.4, 0.5) is 0 Å². The van der Waals surface area contributed by atoms with E-state index in [0.29, 0.717) is 15.7 Å². The Morgan fingerprint density at radius 1 is 0.542 bits per heavy atom. The molecule has 0 spiro atoms. The van der Waals surface area contributed by atoms with Crippen LogP contribution in [-0.4, -0.2) is 133 Å². The normalized spacial score (nSPS) is 9.83. The summed E-state index contributed by atoms with van der Waals surface area (Å²) in [7, 11) is 0. The molecule has 136 valence electrons. The summed E-state index contributed by atoms with van der Waals surface area (Å²) in [4.78, 5) is 0. The molecule has 0 aliphatic carbocycles. The Labute approximate surface area is 216 Å². The van der Waals surface area contributed by atoms with Crippen molar-refractivity contribution < 1.29 is 31.0 Å². The molecular weight excluding hydrogens is 348 g/mol. The molecule has 0 bridgehead atoms. The monoisotopic (exact) mass is 392 g/mol.